The zero-order valence-corrected chi connectivity index (χ0v) is 11.4. The van der Waals surface area contributed by atoms with Crippen LogP contribution in [0.4, 0.5) is 4.39 Å². The Bertz CT molecular complexity index is 739. The third-order valence-electron chi connectivity index (χ3n) is 2.63. The number of aromatic nitrogens is 2. The lowest BCUT2D eigenvalue weighted by Crippen LogP contribution is -1.83. The number of halogens is 3. The summed E-state index contributed by atoms with van der Waals surface area (Å²) in [4.78, 5) is 7.60. The smallest absolute Gasteiger partial charge is 0.140 e. The Morgan fingerprint density at radius 3 is 2.78 bits per heavy atom. The summed E-state index contributed by atoms with van der Waals surface area (Å²) >= 11 is 9.41. The van der Waals surface area contributed by atoms with Gasteiger partial charge in [0.15, 0.2) is 0 Å². The molecule has 0 saturated carbocycles. The lowest BCUT2D eigenvalue weighted by atomic mass is 10.2. The van der Waals surface area contributed by atoms with Crippen molar-refractivity contribution in [3.63, 3.8) is 0 Å². The Kier molecular flexibility index (Phi) is 2.84. The predicted molar refractivity (Wildman–Crippen MR) is 74.2 cm³/mol. The van der Waals surface area contributed by atoms with Gasteiger partial charge in [-0.15, -0.1) is 0 Å². The molecule has 1 aromatic heterocycles. The molecule has 2 nitrogen and oxygen atoms in total. The van der Waals surface area contributed by atoms with Gasteiger partial charge in [0, 0.05) is 10.0 Å². The minimum absolute atomic E-state index is 0.341. The Morgan fingerprint density at radius 2 is 2.00 bits per heavy atom. The monoisotopic (exact) mass is 324 g/mol. The molecule has 3 aromatic rings. The molecule has 3 rings (SSSR count). The number of rotatable bonds is 1. The van der Waals surface area contributed by atoms with Crippen LogP contribution in [0.15, 0.2) is 40.9 Å². The van der Waals surface area contributed by atoms with Gasteiger partial charge in [-0.25, -0.2) is 9.37 Å². The van der Waals surface area contributed by atoms with Gasteiger partial charge in [0.1, 0.15) is 11.6 Å². The first-order valence-corrected chi connectivity index (χ1v) is 6.41. The molecule has 90 valence electrons. The van der Waals surface area contributed by atoms with Gasteiger partial charge < -0.3 is 4.98 Å². The van der Waals surface area contributed by atoms with Gasteiger partial charge in [-0.2, -0.15) is 0 Å². The molecule has 0 fully saturated rings. The summed E-state index contributed by atoms with van der Waals surface area (Å²) in [6.07, 6.45) is 0. The van der Waals surface area contributed by atoms with Crippen molar-refractivity contribution >= 4 is 38.6 Å². The predicted octanol–water partition coefficient (Wildman–Crippen LogP) is 4.78. The molecule has 0 saturated heterocycles. The molecular formula is C13H7BrClFN2. The number of nitrogens with one attached hydrogen (secondary N) is 1. The van der Waals surface area contributed by atoms with E-state index >= 15 is 0 Å². The van der Waals surface area contributed by atoms with Crippen LogP contribution >= 0.6 is 27.5 Å². The fraction of sp³-hybridized carbons (Fsp3) is 0. The van der Waals surface area contributed by atoms with Crippen molar-refractivity contribution in [2.24, 2.45) is 0 Å². The lowest BCUT2D eigenvalue weighted by Gasteiger charge is -1.99. The zero-order chi connectivity index (χ0) is 12.7. The topological polar surface area (TPSA) is 28.7 Å². The Balaban J connectivity index is 2.19. The first kappa shape index (κ1) is 11.7. The summed E-state index contributed by atoms with van der Waals surface area (Å²) in [6, 6.07) is 10.0. The number of H-pyrrole nitrogens is 1. The van der Waals surface area contributed by atoms with Gasteiger partial charge in [-0.3, -0.25) is 0 Å². The highest BCUT2D eigenvalue weighted by Gasteiger charge is 2.09. The third kappa shape index (κ3) is 2.02. The maximum atomic E-state index is 13.0. The van der Waals surface area contributed by atoms with Crippen LogP contribution in [0.2, 0.25) is 5.02 Å². The van der Waals surface area contributed by atoms with Crippen LogP contribution < -0.4 is 0 Å². The molecule has 18 heavy (non-hydrogen) atoms. The normalized spacial score (nSPS) is 11.1. The second kappa shape index (κ2) is 4.37. The van der Waals surface area contributed by atoms with Gasteiger partial charge in [0.25, 0.3) is 0 Å². The Hall–Kier alpha value is -1.39. The van der Waals surface area contributed by atoms with Crippen LogP contribution in [0.25, 0.3) is 22.4 Å². The van der Waals surface area contributed by atoms with Crippen LogP contribution in [0.3, 0.4) is 0 Å². The Morgan fingerprint density at radius 1 is 1.17 bits per heavy atom. The molecule has 0 unspecified atom stereocenters. The maximum Gasteiger partial charge on any atom is 0.140 e. The van der Waals surface area contributed by atoms with Crippen molar-refractivity contribution in [3.8, 4) is 11.4 Å². The summed E-state index contributed by atoms with van der Waals surface area (Å²) in [6.45, 7) is 0. The van der Waals surface area contributed by atoms with Gasteiger partial charge in [0.2, 0.25) is 0 Å². The summed E-state index contributed by atoms with van der Waals surface area (Å²) < 4.78 is 14.0. The van der Waals surface area contributed by atoms with E-state index in [1.165, 1.54) is 12.1 Å². The van der Waals surface area contributed by atoms with E-state index in [4.69, 9.17) is 11.6 Å². The van der Waals surface area contributed by atoms with Crippen molar-refractivity contribution in [2.45, 2.75) is 0 Å². The van der Waals surface area contributed by atoms with Crippen molar-refractivity contribution in [1.29, 1.82) is 0 Å². The molecule has 0 spiro atoms. The Labute approximate surface area is 116 Å². The molecule has 2 aromatic carbocycles. The first-order valence-electron chi connectivity index (χ1n) is 5.24. The number of imidazole rings is 1. The van der Waals surface area contributed by atoms with Gasteiger partial charge >= 0.3 is 0 Å². The zero-order valence-electron chi connectivity index (χ0n) is 9.05. The van der Waals surface area contributed by atoms with E-state index < -0.39 is 0 Å². The average molecular weight is 326 g/mol. The minimum atomic E-state index is -0.359. The summed E-state index contributed by atoms with van der Waals surface area (Å²) in [7, 11) is 0. The van der Waals surface area contributed by atoms with E-state index in [1.807, 2.05) is 18.2 Å². The van der Waals surface area contributed by atoms with E-state index in [9.17, 15) is 4.39 Å². The molecule has 0 amide bonds. The van der Waals surface area contributed by atoms with E-state index in [-0.39, 0.29) is 5.82 Å². The van der Waals surface area contributed by atoms with Crippen molar-refractivity contribution in [3.05, 3.63) is 51.7 Å². The van der Waals surface area contributed by atoms with Crippen molar-refractivity contribution in [1.82, 2.24) is 9.97 Å². The van der Waals surface area contributed by atoms with Gasteiger partial charge in [0.05, 0.1) is 16.1 Å². The number of benzene rings is 2. The highest BCUT2D eigenvalue weighted by molar-refractivity contribution is 9.10. The van der Waals surface area contributed by atoms with Crippen LogP contribution in [0, 0.1) is 5.82 Å². The van der Waals surface area contributed by atoms with E-state index in [2.05, 4.69) is 25.9 Å². The SMILES string of the molecule is Fc1ccc(-c2nc3ccc(Br)cc3[nH]2)c(Cl)c1. The van der Waals surface area contributed by atoms with Gasteiger partial charge in [-0.05, 0) is 36.4 Å². The van der Waals surface area contributed by atoms with E-state index in [1.54, 1.807) is 6.07 Å². The van der Waals surface area contributed by atoms with Crippen LogP contribution in [0.5, 0.6) is 0 Å². The number of hydrogen-bond acceptors (Lipinski definition) is 1. The lowest BCUT2D eigenvalue weighted by molar-refractivity contribution is 0.628. The highest BCUT2D eigenvalue weighted by atomic mass is 79.9. The molecule has 0 aliphatic heterocycles. The molecule has 0 radical (unpaired) electrons. The summed E-state index contributed by atoms with van der Waals surface area (Å²) in [5.74, 6) is 0.274. The average Bonchev–Trinajstić information content (AvgIpc) is 2.71. The largest absolute Gasteiger partial charge is 0.338 e. The van der Waals surface area contributed by atoms with Crippen molar-refractivity contribution < 1.29 is 4.39 Å². The third-order valence-corrected chi connectivity index (χ3v) is 3.44. The van der Waals surface area contributed by atoms with E-state index in [0.29, 0.717) is 16.4 Å². The standard InChI is InChI=1S/C13H7BrClFN2/c14-7-1-4-11-12(5-7)18-13(17-11)9-3-2-8(16)6-10(9)15/h1-6H,(H,17,18). The van der Waals surface area contributed by atoms with Crippen LogP contribution in [-0.2, 0) is 0 Å². The fourth-order valence-corrected chi connectivity index (χ4v) is 2.41. The number of fused-ring (bicyclic) bond motifs is 1. The minimum Gasteiger partial charge on any atom is -0.338 e. The highest BCUT2D eigenvalue weighted by Crippen LogP contribution is 2.28. The maximum absolute atomic E-state index is 13.0. The van der Waals surface area contributed by atoms with Crippen LogP contribution in [0.1, 0.15) is 0 Å². The molecule has 1 heterocycles. The molecule has 0 atom stereocenters. The first-order chi connectivity index (χ1) is 8.63. The summed E-state index contributed by atoms with van der Waals surface area (Å²) in [5.41, 5.74) is 2.43. The number of aromatic amines is 1. The second-order valence-electron chi connectivity index (χ2n) is 3.87. The number of hydrogen-bond donors (Lipinski definition) is 1. The second-order valence-corrected chi connectivity index (χ2v) is 5.19. The molecule has 5 heteroatoms. The molecule has 0 aliphatic carbocycles. The van der Waals surface area contributed by atoms with Crippen LogP contribution in [-0.4, -0.2) is 9.97 Å². The molecule has 1 N–H and O–H groups in total. The van der Waals surface area contributed by atoms with Gasteiger partial charge in [-0.1, -0.05) is 27.5 Å². The summed E-state index contributed by atoms with van der Waals surface area (Å²) in [5, 5.41) is 0.341. The van der Waals surface area contributed by atoms with E-state index in [0.717, 1.165) is 15.5 Å². The van der Waals surface area contributed by atoms with Crippen molar-refractivity contribution in [2.75, 3.05) is 0 Å². The number of nitrogens with zero attached hydrogens (tertiary/aromatic N) is 1. The molecular weight excluding hydrogens is 319 g/mol. The molecule has 0 aliphatic rings. The fourth-order valence-electron chi connectivity index (χ4n) is 1.79. The molecule has 0 bridgehead atoms. The quantitative estimate of drug-likeness (QED) is 0.685.